The van der Waals surface area contributed by atoms with Crippen molar-refractivity contribution in [2.45, 2.75) is 46.4 Å². The Kier molecular flexibility index (Phi) is 10.6. The zero-order valence-electron chi connectivity index (χ0n) is 26.8. The molecular weight excluding hydrogens is 663 g/mol. The van der Waals surface area contributed by atoms with Crippen LogP contribution in [0.3, 0.4) is 0 Å². The molecule has 0 saturated heterocycles. The Hall–Kier alpha value is -4.25. The number of methoxy groups -OCH3 is 2. The van der Waals surface area contributed by atoms with Crippen LogP contribution in [0.2, 0.25) is 10.0 Å². The smallest absolute Gasteiger partial charge is 0.338 e. The molecule has 1 atom stereocenters. The molecule has 2 heterocycles. The number of thiazole rings is 1. The van der Waals surface area contributed by atoms with E-state index in [2.05, 4.69) is 4.99 Å². The van der Waals surface area contributed by atoms with Crippen LogP contribution in [-0.4, -0.2) is 37.5 Å². The lowest BCUT2D eigenvalue weighted by Crippen LogP contribution is -2.40. The fraction of sp³-hybridized carbons (Fsp3) is 0.286. The molecule has 47 heavy (non-hydrogen) atoms. The molecule has 246 valence electrons. The third-order valence-corrected chi connectivity index (χ3v) is 8.97. The highest BCUT2D eigenvalue weighted by atomic mass is 35.5. The van der Waals surface area contributed by atoms with Crippen LogP contribution in [0.4, 0.5) is 0 Å². The summed E-state index contributed by atoms with van der Waals surface area (Å²) in [4.78, 5) is 32.5. The molecule has 3 aromatic carbocycles. The van der Waals surface area contributed by atoms with E-state index < -0.39 is 12.0 Å². The predicted molar refractivity (Wildman–Crippen MR) is 183 cm³/mol. The number of carbonyl (C=O) groups is 1. The topological polar surface area (TPSA) is 97.6 Å². The molecule has 1 aliphatic heterocycles. The van der Waals surface area contributed by atoms with E-state index in [1.54, 1.807) is 70.5 Å². The van der Waals surface area contributed by atoms with Crippen molar-refractivity contribution in [3.63, 3.8) is 0 Å². The lowest BCUT2D eigenvalue weighted by Gasteiger charge is -2.25. The third kappa shape index (κ3) is 7.35. The van der Waals surface area contributed by atoms with Gasteiger partial charge >= 0.3 is 5.97 Å². The quantitative estimate of drug-likeness (QED) is 0.165. The second-order valence-corrected chi connectivity index (χ2v) is 12.7. The van der Waals surface area contributed by atoms with Crippen molar-refractivity contribution in [3.05, 3.63) is 112 Å². The molecule has 1 aromatic heterocycles. The highest BCUT2D eigenvalue weighted by molar-refractivity contribution is 7.07. The number of hydrogen-bond acceptors (Lipinski definition) is 9. The summed E-state index contributed by atoms with van der Waals surface area (Å²) in [5, 5.41) is 0.912. The first kappa shape index (κ1) is 34.1. The fourth-order valence-electron chi connectivity index (χ4n) is 5.15. The van der Waals surface area contributed by atoms with Gasteiger partial charge in [-0.1, -0.05) is 52.7 Å². The molecule has 5 rings (SSSR count). The molecule has 0 radical (unpaired) electrons. The summed E-state index contributed by atoms with van der Waals surface area (Å²) in [5.41, 5.74) is 2.63. The Bertz CT molecular complexity index is 2030. The summed E-state index contributed by atoms with van der Waals surface area (Å²) in [6.07, 6.45) is 1.68. The van der Waals surface area contributed by atoms with Gasteiger partial charge in [0.1, 0.15) is 6.61 Å². The first-order valence-electron chi connectivity index (χ1n) is 14.8. The molecular formula is C35H34Cl2N2O7S. The van der Waals surface area contributed by atoms with Crippen molar-refractivity contribution in [2.75, 3.05) is 20.8 Å². The lowest BCUT2D eigenvalue weighted by molar-refractivity contribution is -0.139. The van der Waals surface area contributed by atoms with Crippen LogP contribution in [0.1, 0.15) is 50.4 Å². The number of allylic oxidation sites excluding steroid dienone is 1. The summed E-state index contributed by atoms with van der Waals surface area (Å²) >= 11 is 13.4. The van der Waals surface area contributed by atoms with E-state index >= 15 is 0 Å². The molecule has 0 saturated carbocycles. The minimum Gasteiger partial charge on any atom is -0.493 e. The predicted octanol–water partition coefficient (Wildman–Crippen LogP) is 6.49. The number of carbonyl (C=O) groups excluding carboxylic acids is 1. The SMILES string of the molecule is CCOC(=O)C1=C(C)N=c2s/c(=C\c3ccc(OCc4ccc(Cl)c(Cl)c4)c(OC)c3)c(=O)n2[C@H]1c1ccc(OC(C)C)c(OC)c1. The molecule has 9 nitrogen and oxygen atoms in total. The summed E-state index contributed by atoms with van der Waals surface area (Å²) in [5.74, 6) is 1.49. The number of rotatable bonds is 11. The first-order valence-corrected chi connectivity index (χ1v) is 16.4. The zero-order valence-corrected chi connectivity index (χ0v) is 29.1. The number of hydrogen-bond donors (Lipinski definition) is 0. The highest BCUT2D eigenvalue weighted by Gasteiger charge is 2.34. The van der Waals surface area contributed by atoms with Crippen LogP contribution in [0, 0.1) is 0 Å². The standard InChI is InChI=1S/C35H34Cl2N2O7S/c1-7-44-34(41)31-20(4)38-35-39(32(31)23-10-13-27(46-19(2)3)29(17-23)43-6)33(40)30(47-35)16-21-9-12-26(28(15-21)42-5)45-18-22-8-11-24(36)25(37)14-22/h8-17,19,32H,7,18H2,1-6H3/b30-16-/t32-/m0/s1. The van der Waals surface area contributed by atoms with Crippen molar-refractivity contribution in [3.8, 4) is 23.0 Å². The summed E-state index contributed by atoms with van der Waals surface area (Å²) in [6, 6.07) is 15.3. The third-order valence-electron chi connectivity index (χ3n) is 7.25. The number of fused-ring (bicyclic) bond motifs is 1. The second kappa shape index (κ2) is 14.7. The lowest BCUT2D eigenvalue weighted by atomic mass is 9.95. The van der Waals surface area contributed by atoms with Gasteiger partial charge in [-0.3, -0.25) is 9.36 Å². The van der Waals surface area contributed by atoms with Crippen LogP contribution >= 0.6 is 34.5 Å². The molecule has 4 aromatic rings. The molecule has 12 heteroatoms. The highest BCUT2D eigenvalue weighted by Crippen LogP contribution is 2.37. The van der Waals surface area contributed by atoms with Crippen molar-refractivity contribution >= 4 is 46.6 Å². The van der Waals surface area contributed by atoms with Crippen LogP contribution in [0.5, 0.6) is 23.0 Å². The molecule has 1 aliphatic rings. The molecule has 0 N–H and O–H groups in total. The second-order valence-electron chi connectivity index (χ2n) is 10.8. The Morgan fingerprint density at radius 2 is 1.70 bits per heavy atom. The molecule has 0 spiro atoms. The summed E-state index contributed by atoms with van der Waals surface area (Å²) in [7, 11) is 3.09. The van der Waals surface area contributed by atoms with E-state index in [4.69, 9.17) is 46.9 Å². The number of ether oxygens (including phenoxy) is 5. The van der Waals surface area contributed by atoms with E-state index in [-0.39, 0.29) is 30.5 Å². The molecule has 0 aliphatic carbocycles. The van der Waals surface area contributed by atoms with Gasteiger partial charge in [0.15, 0.2) is 27.8 Å². The average Bonchev–Trinajstić information content (AvgIpc) is 3.34. The van der Waals surface area contributed by atoms with Crippen molar-refractivity contribution in [2.24, 2.45) is 4.99 Å². The summed E-state index contributed by atoms with van der Waals surface area (Å²) < 4.78 is 30.5. The van der Waals surface area contributed by atoms with Crippen LogP contribution < -0.4 is 33.8 Å². The van der Waals surface area contributed by atoms with Crippen molar-refractivity contribution < 1.29 is 28.5 Å². The summed E-state index contributed by atoms with van der Waals surface area (Å²) in [6.45, 7) is 7.74. The number of benzene rings is 3. The maximum Gasteiger partial charge on any atom is 0.338 e. The Labute approximate surface area is 286 Å². The van der Waals surface area contributed by atoms with E-state index in [0.29, 0.717) is 59.2 Å². The van der Waals surface area contributed by atoms with E-state index in [1.807, 2.05) is 32.0 Å². The first-order chi connectivity index (χ1) is 22.5. The molecule has 0 unspecified atom stereocenters. The Morgan fingerprint density at radius 3 is 2.38 bits per heavy atom. The van der Waals surface area contributed by atoms with Crippen LogP contribution in [0.25, 0.3) is 6.08 Å². The number of halogens is 2. The Balaban J connectivity index is 1.55. The minimum atomic E-state index is -0.805. The fourth-order valence-corrected chi connectivity index (χ4v) is 6.51. The van der Waals surface area contributed by atoms with Crippen molar-refractivity contribution in [1.29, 1.82) is 0 Å². The Morgan fingerprint density at radius 1 is 0.979 bits per heavy atom. The van der Waals surface area contributed by atoms with Crippen LogP contribution in [0.15, 0.2) is 75.7 Å². The monoisotopic (exact) mass is 696 g/mol. The number of nitrogens with zero attached hydrogens (tertiary/aromatic N) is 2. The maximum absolute atomic E-state index is 14.1. The largest absolute Gasteiger partial charge is 0.493 e. The molecule has 0 amide bonds. The van der Waals surface area contributed by atoms with Gasteiger partial charge in [-0.25, -0.2) is 9.79 Å². The zero-order chi connectivity index (χ0) is 33.8. The van der Waals surface area contributed by atoms with Gasteiger partial charge in [-0.05, 0) is 86.9 Å². The number of aromatic nitrogens is 1. The van der Waals surface area contributed by atoms with E-state index in [1.165, 1.54) is 15.9 Å². The van der Waals surface area contributed by atoms with Gasteiger partial charge in [-0.2, -0.15) is 0 Å². The average molecular weight is 698 g/mol. The van der Waals surface area contributed by atoms with E-state index in [9.17, 15) is 9.59 Å². The van der Waals surface area contributed by atoms with Crippen LogP contribution in [-0.2, 0) is 16.1 Å². The van der Waals surface area contributed by atoms with E-state index in [0.717, 1.165) is 5.56 Å². The molecule has 0 fully saturated rings. The van der Waals surface area contributed by atoms with Gasteiger partial charge in [0.25, 0.3) is 5.56 Å². The minimum absolute atomic E-state index is 0.0773. The normalized spacial score (nSPS) is 14.5. The van der Waals surface area contributed by atoms with Gasteiger partial charge < -0.3 is 23.7 Å². The van der Waals surface area contributed by atoms with Gasteiger partial charge in [0.05, 0.1) is 58.8 Å². The van der Waals surface area contributed by atoms with Gasteiger partial charge in [-0.15, -0.1) is 0 Å². The maximum atomic E-state index is 14.1. The van der Waals surface area contributed by atoms with Gasteiger partial charge in [0.2, 0.25) is 0 Å². The van der Waals surface area contributed by atoms with Gasteiger partial charge in [0, 0.05) is 0 Å². The molecule has 0 bridgehead atoms. The van der Waals surface area contributed by atoms with Crippen molar-refractivity contribution in [1.82, 2.24) is 4.57 Å². The number of esters is 1.